The number of carbonyl (C=O) groups excluding carboxylic acids is 2. The molecule has 1 aliphatic heterocycles. The van der Waals surface area contributed by atoms with Gasteiger partial charge in [-0.1, -0.05) is 50.9 Å². The van der Waals surface area contributed by atoms with E-state index in [-0.39, 0.29) is 58.9 Å². The van der Waals surface area contributed by atoms with Gasteiger partial charge in [0.25, 0.3) is 5.69 Å². The number of carboxylic acid groups (broad SMARTS) is 1. The van der Waals surface area contributed by atoms with Gasteiger partial charge in [-0.2, -0.15) is 0 Å². The predicted octanol–water partition coefficient (Wildman–Crippen LogP) is 7.76. The molecule has 0 atom stereocenters. The van der Waals surface area contributed by atoms with Crippen molar-refractivity contribution < 1.29 is 34.1 Å². The number of halogens is 2. The van der Waals surface area contributed by atoms with E-state index in [1.807, 2.05) is 32.6 Å². The number of allylic oxidation sites excluding steroid dienone is 4. The highest BCUT2D eigenvalue weighted by Gasteiger charge is 2.49. The van der Waals surface area contributed by atoms with Crippen molar-refractivity contribution in [1.82, 2.24) is 4.90 Å². The lowest BCUT2D eigenvalue weighted by Gasteiger charge is -2.49. The number of aliphatic carboxylic acids is 1. The lowest BCUT2D eigenvalue weighted by molar-refractivity contribution is -0.394. The van der Waals surface area contributed by atoms with Crippen LogP contribution in [0.15, 0.2) is 52.9 Å². The van der Waals surface area contributed by atoms with Gasteiger partial charge in [0.1, 0.15) is 0 Å². The number of rotatable bonds is 8. The molecule has 0 bridgehead atoms. The van der Waals surface area contributed by atoms with Gasteiger partial charge in [-0.15, -0.1) is 0 Å². The van der Waals surface area contributed by atoms with Crippen LogP contribution < -0.4 is 4.74 Å². The monoisotopic (exact) mass is 671 g/mol. The van der Waals surface area contributed by atoms with Crippen molar-refractivity contribution in [1.29, 1.82) is 0 Å². The van der Waals surface area contributed by atoms with Gasteiger partial charge in [-0.3, -0.25) is 34.6 Å². The highest BCUT2D eigenvalue weighted by atomic mass is 35.5. The minimum absolute atomic E-state index is 0.0695. The summed E-state index contributed by atoms with van der Waals surface area (Å²) in [6, 6.07) is 5.87. The molecule has 2 aliphatic carbocycles. The van der Waals surface area contributed by atoms with Crippen molar-refractivity contribution in [3.05, 3.63) is 88.7 Å². The van der Waals surface area contributed by atoms with Crippen LogP contribution >= 0.6 is 23.2 Å². The second kappa shape index (κ2) is 11.8. The summed E-state index contributed by atoms with van der Waals surface area (Å²) in [6.45, 7) is 7.97. The number of non-ortho nitro benzene ring substituents is 1. The van der Waals surface area contributed by atoms with Crippen molar-refractivity contribution in [2.75, 3.05) is 6.54 Å². The first-order chi connectivity index (χ1) is 21.4. The first-order valence-corrected chi connectivity index (χ1v) is 15.3. The molecule has 0 saturated carbocycles. The fraction of sp³-hybridized carbons (Fsp3) is 0.406. The molecule has 1 heterocycles. The number of carboxylic acids is 1. The zero-order valence-electron chi connectivity index (χ0n) is 25.5. The number of nitrogens with zero attached hydrogens (tertiary/aromatic N) is 3. The summed E-state index contributed by atoms with van der Waals surface area (Å²) in [6.07, 6.45) is 1.18. The number of hydrogen-bond acceptors (Lipinski definition) is 9. The van der Waals surface area contributed by atoms with Gasteiger partial charge in [0.15, 0.2) is 17.3 Å². The maximum atomic E-state index is 13.9. The van der Waals surface area contributed by atoms with E-state index in [9.17, 15) is 39.7 Å². The van der Waals surface area contributed by atoms with Crippen molar-refractivity contribution in [2.24, 2.45) is 10.8 Å². The molecule has 1 N–H and O–H groups in total. The molecule has 3 aliphatic rings. The number of nitro groups is 2. The smallest absolute Gasteiger partial charge is 0.318 e. The third-order valence-electron chi connectivity index (χ3n) is 8.49. The second-order valence-corrected chi connectivity index (χ2v) is 14.2. The van der Waals surface area contributed by atoms with Crippen LogP contribution in [-0.4, -0.2) is 43.9 Å². The fourth-order valence-electron chi connectivity index (χ4n) is 6.66. The molecule has 0 amide bonds. The molecule has 46 heavy (non-hydrogen) atoms. The Bertz CT molecular complexity index is 1720. The Kier molecular flexibility index (Phi) is 8.50. The molecule has 0 radical (unpaired) electrons. The second-order valence-electron chi connectivity index (χ2n) is 13.4. The minimum atomic E-state index is -1.00. The maximum Gasteiger partial charge on any atom is 0.318 e. The lowest BCUT2D eigenvalue weighted by Crippen LogP contribution is -2.45. The zero-order chi connectivity index (χ0) is 33.9. The van der Waals surface area contributed by atoms with Crippen molar-refractivity contribution in [2.45, 2.75) is 65.7 Å². The lowest BCUT2D eigenvalue weighted by atomic mass is 9.63. The summed E-state index contributed by atoms with van der Waals surface area (Å²) in [5, 5.41) is 32.2. The highest BCUT2D eigenvalue weighted by Crippen LogP contribution is 2.55. The van der Waals surface area contributed by atoms with Gasteiger partial charge in [-0.25, -0.2) is 0 Å². The molecule has 5 rings (SSSR count). The number of hydrogen-bond donors (Lipinski definition) is 1. The highest BCUT2D eigenvalue weighted by molar-refractivity contribution is 6.37. The van der Waals surface area contributed by atoms with Gasteiger partial charge in [0.05, 0.1) is 32.4 Å². The van der Waals surface area contributed by atoms with Gasteiger partial charge < -0.3 is 14.7 Å². The Morgan fingerprint density at radius 2 is 1.43 bits per heavy atom. The number of carbonyl (C=O) groups is 3. The Hall–Kier alpha value is -4.29. The summed E-state index contributed by atoms with van der Waals surface area (Å²) < 4.78 is 5.74. The zero-order valence-corrected chi connectivity index (χ0v) is 27.0. The third kappa shape index (κ3) is 6.23. The van der Waals surface area contributed by atoms with E-state index < -0.39 is 43.9 Å². The van der Waals surface area contributed by atoms with Crippen molar-refractivity contribution in [3.63, 3.8) is 0 Å². The first kappa shape index (κ1) is 33.1. The normalized spacial score (nSPS) is 19.1. The largest absolute Gasteiger partial charge is 0.481 e. The van der Waals surface area contributed by atoms with E-state index in [0.717, 1.165) is 18.2 Å². The molecule has 2 aromatic rings. The van der Waals surface area contributed by atoms with Crippen molar-refractivity contribution >= 4 is 52.1 Å². The molecule has 2 aromatic carbocycles. The number of nitro benzene ring substituents is 2. The Morgan fingerprint density at radius 3 is 1.89 bits per heavy atom. The molecular weight excluding hydrogens is 641 g/mol. The molecule has 14 heteroatoms. The standard InChI is InChI=1S/C32H31Cl2N3O9/c1-31(2)12-21-28(23(38)14-31)27(29-22(35(21)8-7-26(40)41)13-32(3,4)15-24(29)39)16-9-18(33)30(19(34)10-16)46-25-6-5-17(36(42)43)11-20(25)37(44)45/h5-6,9-11,27H,7-8,12-15H2,1-4H3,(H,40,41). The van der Waals surface area contributed by atoms with Gasteiger partial charge in [0, 0.05) is 53.9 Å². The van der Waals surface area contributed by atoms with Crippen LogP contribution in [0.3, 0.4) is 0 Å². The quantitative estimate of drug-likeness (QED) is 0.216. The van der Waals surface area contributed by atoms with Crippen LogP contribution in [0, 0.1) is 31.1 Å². The van der Waals surface area contributed by atoms with Gasteiger partial charge >= 0.3 is 11.7 Å². The predicted molar refractivity (Wildman–Crippen MR) is 168 cm³/mol. The minimum Gasteiger partial charge on any atom is -0.481 e. The fourth-order valence-corrected chi connectivity index (χ4v) is 7.24. The van der Waals surface area contributed by atoms with Crippen LogP contribution in [0.4, 0.5) is 11.4 Å². The number of ketones is 2. The maximum absolute atomic E-state index is 13.9. The molecule has 242 valence electrons. The summed E-state index contributed by atoms with van der Waals surface area (Å²) in [7, 11) is 0. The molecule has 0 saturated heterocycles. The first-order valence-electron chi connectivity index (χ1n) is 14.5. The molecule has 0 spiro atoms. The Balaban J connectivity index is 1.67. The average molecular weight is 673 g/mol. The van der Waals surface area contributed by atoms with Gasteiger partial charge in [-0.05, 0) is 47.4 Å². The number of Topliss-reactive ketones (excluding diaryl/α,β-unsaturated/α-hetero) is 2. The number of benzene rings is 2. The van der Waals surface area contributed by atoms with Crippen LogP contribution in [0.2, 0.25) is 10.0 Å². The average Bonchev–Trinajstić information content (AvgIpc) is 2.91. The van der Waals surface area contributed by atoms with Crippen LogP contribution in [0.25, 0.3) is 0 Å². The topological polar surface area (TPSA) is 170 Å². The summed E-state index contributed by atoms with van der Waals surface area (Å²) in [4.78, 5) is 62.6. The Labute approximate surface area is 273 Å². The number of ether oxygens (including phenoxy) is 1. The van der Waals surface area contributed by atoms with Crippen LogP contribution in [0.5, 0.6) is 11.5 Å². The summed E-state index contributed by atoms with van der Waals surface area (Å²) in [5.74, 6) is -2.67. The molecular formula is C32H31Cl2N3O9. The molecule has 0 aromatic heterocycles. The van der Waals surface area contributed by atoms with E-state index in [2.05, 4.69) is 0 Å². The van der Waals surface area contributed by atoms with E-state index in [1.54, 1.807) is 0 Å². The molecule has 0 unspecified atom stereocenters. The van der Waals surface area contributed by atoms with E-state index in [1.165, 1.54) is 12.1 Å². The third-order valence-corrected chi connectivity index (χ3v) is 9.05. The van der Waals surface area contributed by atoms with E-state index in [4.69, 9.17) is 27.9 Å². The van der Waals surface area contributed by atoms with Gasteiger partial charge in [0.2, 0.25) is 5.75 Å². The molecule has 0 fully saturated rings. The SMILES string of the molecule is CC1(C)CC(=O)C2=C(C1)N(CCC(=O)O)C1=C(C(=O)CC(C)(C)C1)C2c1cc(Cl)c(Oc2ccc([N+](=O)[O-])cc2[N+](=O)[O-])c(Cl)c1. The van der Waals surface area contributed by atoms with Crippen LogP contribution in [-0.2, 0) is 14.4 Å². The van der Waals surface area contributed by atoms with Crippen LogP contribution in [0.1, 0.15) is 71.3 Å². The molecule has 12 nitrogen and oxygen atoms in total. The van der Waals surface area contributed by atoms with E-state index >= 15 is 0 Å². The Morgan fingerprint density at radius 1 is 0.913 bits per heavy atom. The van der Waals surface area contributed by atoms with E-state index in [0.29, 0.717) is 40.9 Å². The summed E-state index contributed by atoms with van der Waals surface area (Å²) in [5.41, 5.74) is 0.550. The summed E-state index contributed by atoms with van der Waals surface area (Å²) >= 11 is 13.4. The van der Waals surface area contributed by atoms with Crippen molar-refractivity contribution in [3.8, 4) is 11.5 Å².